The fraction of sp³-hybridized carbons (Fsp3) is 0.273. The lowest BCUT2D eigenvalue weighted by Crippen LogP contribution is -2.40. The Morgan fingerprint density at radius 2 is 1.97 bits per heavy atom. The Kier molecular flexibility index (Phi) is 5.19. The van der Waals surface area contributed by atoms with E-state index in [1.54, 1.807) is 11.8 Å². The molecular weight excluding hydrogens is 396 g/mol. The summed E-state index contributed by atoms with van der Waals surface area (Å²) in [4.78, 5) is 14.4. The molecule has 5 rings (SSSR count). The second kappa shape index (κ2) is 8.29. The quantitative estimate of drug-likeness (QED) is 0.535. The number of morpholine rings is 1. The van der Waals surface area contributed by atoms with Crippen LogP contribution in [0.25, 0.3) is 28.0 Å². The van der Waals surface area contributed by atoms with Crippen LogP contribution < -0.4 is 0 Å². The molecule has 1 N–H and O–H groups in total. The number of ether oxygens (including phenoxy) is 2. The van der Waals surface area contributed by atoms with Crippen molar-refractivity contribution < 1.29 is 14.3 Å². The van der Waals surface area contributed by atoms with Crippen LogP contribution in [-0.2, 0) is 16.1 Å². The van der Waals surface area contributed by atoms with Crippen molar-refractivity contribution in [3.05, 3.63) is 59.8 Å². The highest BCUT2D eigenvalue weighted by Gasteiger charge is 2.19. The number of aromatic amines is 1. The number of hydrogen-bond acceptors (Lipinski definition) is 6. The van der Waals surface area contributed by atoms with Gasteiger partial charge in [-0.2, -0.15) is 5.10 Å². The molecule has 2 aromatic heterocycles. The molecule has 0 atom stereocenters. The van der Waals surface area contributed by atoms with Crippen molar-refractivity contribution >= 4 is 16.8 Å². The lowest BCUT2D eigenvalue weighted by molar-refractivity contribution is 0.0303. The van der Waals surface area contributed by atoms with Crippen LogP contribution in [0.3, 0.4) is 0 Å². The van der Waals surface area contributed by atoms with Gasteiger partial charge in [-0.3, -0.25) is 9.89 Å². The average molecular weight is 418 g/mol. The molecule has 0 bridgehead atoms. The number of benzene rings is 2. The minimum atomic E-state index is 0.0185. The Labute approximate surface area is 178 Å². The monoisotopic (exact) mass is 418 g/mol. The zero-order valence-corrected chi connectivity index (χ0v) is 17.1. The summed E-state index contributed by atoms with van der Waals surface area (Å²) in [6, 6.07) is 13.4. The molecule has 1 amide bonds. The first-order valence-corrected chi connectivity index (χ1v) is 10.1. The fourth-order valence-corrected chi connectivity index (χ4v) is 3.72. The van der Waals surface area contributed by atoms with E-state index < -0.39 is 0 Å². The molecule has 9 heteroatoms. The summed E-state index contributed by atoms with van der Waals surface area (Å²) >= 11 is 0. The smallest absolute Gasteiger partial charge is 0.254 e. The molecule has 1 fully saturated rings. The first-order valence-electron chi connectivity index (χ1n) is 10.1. The summed E-state index contributed by atoms with van der Waals surface area (Å²) in [5, 5.41) is 17.0. The topological polar surface area (TPSA) is 98.2 Å². The number of nitrogens with one attached hydrogen (secondary N) is 1. The first kappa shape index (κ1) is 19.4. The van der Waals surface area contributed by atoms with Gasteiger partial charge in [0, 0.05) is 31.1 Å². The maximum atomic E-state index is 12.6. The zero-order valence-electron chi connectivity index (χ0n) is 17.1. The van der Waals surface area contributed by atoms with Crippen LogP contribution in [0.1, 0.15) is 15.9 Å². The van der Waals surface area contributed by atoms with Gasteiger partial charge in [-0.15, -0.1) is 5.10 Å². The van der Waals surface area contributed by atoms with Gasteiger partial charge in [0.05, 0.1) is 37.2 Å². The summed E-state index contributed by atoms with van der Waals surface area (Å²) in [6.07, 6.45) is 1.83. The maximum absolute atomic E-state index is 12.6. The summed E-state index contributed by atoms with van der Waals surface area (Å²) in [7, 11) is 1.67. The van der Waals surface area contributed by atoms with Crippen molar-refractivity contribution in [2.75, 3.05) is 33.4 Å². The van der Waals surface area contributed by atoms with Gasteiger partial charge in [-0.1, -0.05) is 17.3 Å². The van der Waals surface area contributed by atoms with E-state index in [2.05, 4.69) is 20.5 Å². The second-order valence-corrected chi connectivity index (χ2v) is 7.38. The molecule has 0 unspecified atom stereocenters. The van der Waals surface area contributed by atoms with Gasteiger partial charge >= 0.3 is 0 Å². The summed E-state index contributed by atoms with van der Waals surface area (Å²) in [6.45, 7) is 2.96. The van der Waals surface area contributed by atoms with E-state index in [0.29, 0.717) is 44.2 Å². The number of carbonyl (C=O) groups is 1. The number of methoxy groups -OCH3 is 1. The van der Waals surface area contributed by atoms with E-state index in [-0.39, 0.29) is 5.91 Å². The highest BCUT2D eigenvalue weighted by molar-refractivity contribution is 5.94. The van der Waals surface area contributed by atoms with Crippen LogP contribution >= 0.6 is 0 Å². The van der Waals surface area contributed by atoms with Crippen LogP contribution in [0.2, 0.25) is 0 Å². The van der Waals surface area contributed by atoms with Crippen molar-refractivity contribution in [1.82, 2.24) is 30.1 Å². The largest absolute Gasteiger partial charge is 0.380 e. The van der Waals surface area contributed by atoms with Crippen LogP contribution in [0.15, 0.2) is 48.7 Å². The predicted molar refractivity (Wildman–Crippen MR) is 114 cm³/mol. The highest BCUT2D eigenvalue weighted by Crippen LogP contribution is 2.26. The van der Waals surface area contributed by atoms with Crippen LogP contribution in [0.4, 0.5) is 0 Å². The van der Waals surface area contributed by atoms with E-state index in [1.807, 2.05) is 53.6 Å². The van der Waals surface area contributed by atoms with Gasteiger partial charge < -0.3 is 14.4 Å². The highest BCUT2D eigenvalue weighted by atomic mass is 16.5. The Balaban J connectivity index is 1.37. The summed E-state index contributed by atoms with van der Waals surface area (Å²) < 4.78 is 12.2. The van der Waals surface area contributed by atoms with Crippen molar-refractivity contribution in [1.29, 1.82) is 0 Å². The minimum Gasteiger partial charge on any atom is -0.380 e. The van der Waals surface area contributed by atoms with E-state index in [9.17, 15) is 4.79 Å². The number of H-pyrrole nitrogens is 1. The third-order valence-electron chi connectivity index (χ3n) is 5.35. The van der Waals surface area contributed by atoms with Gasteiger partial charge in [0.15, 0.2) is 0 Å². The lowest BCUT2D eigenvalue weighted by atomic mass is 10.1. The van der Waals surface area contributed by atoms with Crippen LogP contribution in [-0.4, -0.2) is 69.4 Å². The van der Waals surface area contributed by atoms with Crippen molar-refractivity contribution in [3.8, 4) is 17.1 Å². The molecule has 0 saturated carbocycles. The summed E-state index contributed by atoms with van der Waals surface area (Å²) in [5.41, 5.74) is 4.87. The van der Waals surface area contributed by atoms with E-state index >= 15 is 0 Å². The van der Waals surface area contributed by atoms with Crippen molar-refractivity contribution in [3.63, 3.8) is 0 Å². The number of aromatic nitrogens is 5. The Morgan fingerprint density at radius 1 is 1.16 bits per heavy atom. The minimum absolute atomic E-state index is 0.0185. The molecule has 0 radical (unpaired) electrons. The maximum Gasteiger partial charge on any atom is 0.254 e. The molecule has 158 valence electrons. The van der Waals surface area contributed by atoms with Gasteiger partial charge in [0.2, 0.25) is 0 Å². The van der Waals surface area contributed by atoms with Crippen LogP contribution in [0, 0.1) is 0 Å². The van der Waals surface area contributed by atoms with E-state index in [0.717, 1.165) is 27.8 Å². The van der Waals surface area contributed by atoms with Crippen molar-refractivity contribution in [2.45, 2.75) is 6.61 Å². The third kappa shape index (κ3) is 3.80. The second-order valence-electron chi connectivity index (χ2n) is 7.38. The molecule has 0 aliphatic carbocycles. The Bertz CT molecular complexity index is 1210. The molecule has 0 spiro atoms. The fourth-order valence-electron chi connectivity index (χ4n) is 3.72. The average Bonchev–Trinajstić information content (AvgIpc) is 3.46. The van der Waals surface area contributed by atoms with Crippen molar-refractivity contribution in [2.24, 2.45) is 0 Å². The molecule has 31 heavy (non-hydrogen) atoms. The molecule has 2 aromatic carbocycles. The number of rotatable bonds is 5. The third-order valence-corrected chi connectivity index (χ3v) is 5.35. The molecular formula is C22H22N6O3. The molecule has 4 aromatic rings. The predicted octanol–water partition coefficient (Wildman–Crippen LogP) is 2.43. The SMILES string of the molecule is COCc1ccc2c(-c3cn(-c4ccc(C(=O)N5CCOCC5)cc4)nn3)n[nH]c2c1. The molecule has 1 aliphatic rings. The summed E-state index contributed by atoms with van der Waals surface area (Å²) in [5.74, 6) is 0.0185. The number of hydrogen-bond donors (Lipinski definition) is 1. The number of carbonyl (C=O) groups excluding carboxylic acids is 1. The van der Waals surface area contributed by atoms with Gasteiger partial charge in [-0.05, 0) is 35.9 Å². The molecule has 1 saturated heterocycles. The Morgan fingerprint density at radius 3 is 2.74 bits per heavy atom. The standard InChI is InChI=1S/C22H22N6O3/c1-30-14-15-2-7-18-19(12-15)23-25-21(18)20-13-28(26-24-20)17-5-3-16(4-6-17)22(29)27-8-10-31-11-9-27/h2-7,12-13H,8-11,14H2,1H3,(H,23,25). The first-order chi connectivity index (χ1) is 15.2. The van der Waals surface area contributed by atoms with Gasteiger partial charge in [0.25, 0.3) is 5.91 Å². The number of nitrogens with zero attached hydrogens (tertiary/aromatic N) is 5. The number of amides is 1. The molecule has 9 nitrogen and oxygen atoms in total. The number of fused-ring (bicyclic) bond motifs is 1. The molecule has 3 heterocycles. The molecule has 1 aliphatic heterocycles. The van der Waals surface area contributed by atoms with Gasteiger partial charge in [0.1, 0.15) is 11.4 Å². The van der Waals surface area contributed by atoms with E-state index in [4.69, 9.17) is 9.47 Å². The van der Waals surface area contributed by atoms with Gasteiger partial charge in [-0.25, -0.2) is 4.68 Å². The Hall–Kier alpha value is -3.56. The normalized spacial score (nSPS) is 14.3. The van der Waals surface area contributed by atoms with E-state index in [1.165, 1.54) is 0 Å². The lowest BCUT2D eigenvalue weighted by Gasteiger charge is -2.26. The zero-order chi connectivity index (χ0) is 21.2. The van der Waals surface area contributed by atoms with Crippen LogP contribution in [0.5, 0.6) is 0 Å².